The highest BCUT2D eigenvalue weighted by molar-refractivity contribution is 6.18. The summed E-state index contributed by atoms with van der Waals surface area (Å²) in [5, 5.41) is 0. The normalized spacial score (nSPS) is 30.5. The number of alkyl halides is 1. The van der Waals surface area contributed by atoms with Gasteiger partial charge in [-0.3, -0.25) is 0 Å². The van der Waals surface area contributed by atoms with Crippen molar-refractivity contribution in [3.8, 4) is 0 Å². The van der Waals surface area contributed by atoms with Crippen LogP contribution >= 0.6 is 11.6 Å². The van der Waals surface area contributed by atoms with Gasteiger partial charge < -0.3 is 4.74 Å². The van der Waals surface area contributed by atoms with Gasteiger partial charge in [-0.1, -0.05) is 53.9 Å². The minimum atomic E-state index is 0.415. The fraction of sp³-hybridized carbons (Fsp3) is 1.00. The molecule has 25 heavy (non-hydrogen) atoms. The lowest BCUT2D eigenvalue weighted by Crippen LogP contribution is -2.29. The smallest absolute Gasteiger partial charge is 0.0519 e. The van der Waals surface area contributed by atoms with Crippen LogP contribution in [0.1, 0.15) is 105 Å². The first-order valence-corrected chi connectivity index (χ1v) is 11.5. The molecule has 0 aromatic rings. The molecule has 0 aromatic heterocycles. The van der Waals surface area contributed by atoms with E-state index in [2.05, 4.69) is 34.6 Å². The summed E-state index contributed by atoms with van der Waals surface area (Å²) in [7, 11) is 0. The van der Waals surface area contributed by atoms with Gasteiger partial charge in [0.25, 0.3) is 0 Å². The summed E-state index contributed by atoms with van der Waals surface area (Å²) in [6.07, 6.45) is 14.8. The molecule has 2 heteroatoms. The van der Waals surface area contributed by atoms with E-state index in [0.29, 0.717) is 16.7 Å². The van der Waals surface area contributed by atoms with Crippen LogP contribution in [0, 0.1) is 22.7 Å². The van der Waals surface area contributed by atoms with Gasteiger partial charge in [-0.25, -0.2) is 0 Å². The minimum Gasteiger partial charge on any atom is -0.381 e. The van der Waals surface area contributed by atoms with Gasteiger partial charge in [-0.05, 0) is 74.0 Å². The zero-order chi connectivity index (χ0) is 18.8. The molecule has 0 aliphatic heterocycles. The quantitative estimate of drug-likeness (QED) is 0.265. The van der Waals surface area contributed by atoms with E-state index in [4.69, 9.17) is 16.3 Å². The zero-order valence-corrected chi connectivity index (χ0v) is 18.6. The average molecular weight is 373 g/mol. The van der Waals surface area contributed by atoms with E-state index in [0.717, 1.165) is 31.4 Å². The highest BCUT2D eigenvalue weighted by atomic mass is 35.5. The maximum absolute atomic E-state index is 6.03. The van der Waals surface area contributed by atoms with Crippen molar-refractivity contribution in [1.82, 2.24) is 0 Å². The third-order valence-electron chi connectivity index (χ3n) is 6.65. The van der Waals surface area contributed by atoms with Crippen molar-refractivity contribution >= 4 is 11.6 Å². The van der Waals surface area contributed by atoms with E-state index >= 15 is 0 Å². The highest BCUT2D eigenvalue weighted by Crippen LogP contribution is 2.44. The fourth-order valence-corrected chi connectivity index (χ4v) is 4.79. The molecular weight excluding hydrogens is 328 g/mol. The van der Waals surface area contributed by atoms with Crippen LogP contribution in [0.3, 0.4) is 0 Å². The van der Waals surface area contributed by atoms with Crippen LogP contribution in [0.4, 0.5) is 0 Å². The Hall–Kier alpha value is 0.250. The number of hydrogen-bond acceptors (Lipinski definition) is 1. The first-order valence-electron chi connectivity index (χ1n) is 11.0. The number of ether oxygens (including phenoxy) is 1. The van der Waals surface area contributed by atoms with Crippen LogP contribution in [0.15, 0.2) is 0 Å². The Morgan fingerprint density at radius 2 is 1.60 bits per heavy atom. The average Bonchev–Trinajstić information content (AvgIpc) is 2.57. The lowest BCUT2D eigenvalue weighted by Gasteiger charge is -2.38. The summed E-state index contributed by atoms with van der Waals surface area (Å²) in [5.74, 6) is 2.34. The molecule has 0 radical (unpaired) electrons. The first kappa shape index (κ1) is 23.3. The lowest BCUT2D eigenvalue weighted by atomic mass is 9.68. The molecule has 0 amide bonds. The maximum Gasteiger partial charge on any atom is 0.0519 e. The second-order valence-corrected chi connectivity index (χ2v) is 10.00. The lowest BCUT2D eigenvalue weighted by molar-refractivity contribution is 0.0285. The molecule has 1 rings (SSSR count). The van der Waals surface area contributed by atoms with Gasteiger partial charge in [0.15, 0.2) is 0 Å². The molecule has 1 aliphatic carbocycles. The number of rotatable bonds is 11. The van der Waals surface area contributed by atoms with E-state index in [1.165, 1.54) is 64.2 Å². The van der Waals surface area contributed by atoms with E-state index in [9.17, 15) is 0 Å². The molecular formula is C23H45ClO. The Morgan fingerprint density at radius 1 is 1.00 bits per heavy atom. The SMILES string of the molecule is CCCOCC1(C)CCCC(C)(CCC(CC)CC(C)CCl)CCC1. The Kier molecular flexibility index (Phi) is 11.0. The molecule has 0 N–H and O–H groups in total. The number of halogens is 1. The fourth-order valence-electron chi connectivity index (χ4n) is 4.66. The molecule has 0 aromatic carbocycles. The largest absolute Gasteiger partial charge is 0.381 e. The van der Waals surface area contributed by atoms with Gasteiger partial charge in [0.2, 0.25) is 0 Å². The van der Waals surface area contributed by atoms with Crippen molar-refractivity contribution < 1.29 is 4.74 Å². The Bertz CT molecular complexity index is 331. The van der Waals surface area contributed by atoms with Crippen LogP contribution in [-0.4, -0.2) is 19.1 Å². The molecule has 0 spiro atoms. The van der Waals surface area contributed by atoms with Crippen molar-refractivity contribution in [1.29, 1.82) is 0 Å². The molecule has 2 atom stereocenters. The molecule has 1 nitrogen and oxygen atoms in total. The highest BCUT2D eigenvalue weighted by Gasteiger charge is 2.32. The summed E-state index contributed by atoms with van der Waals surface area (Å²) in [4.78, 5) is 0. The molecule has 1 fully saturated rings. The van der Waals surface area contributed by atoms with Gasteiger partial charge in [0.1, 0.15) is 0 Å². The predicted octanol–water partition coefficient (Wildman–Crippen LogP) is 7.85. The van der Waals surface area contributed by atoms with E-state index in [1.807, 2.05) is 0 Å². The standard InChI is InChI=1S/C23H45ClO/c1-6-16-25-19-23(5)13-8-11-22(4,12-9-14-23)15-10-21(7-2)17-20(3)18-24/h20-21H,6-19H2,1-5H3. The summed E-state index contributed by atoms with van der Waals surface area (Å²) in [5.41, 5.74) is 0.974. The van der Waals surface area contributed by atoms with Crippen molar-refractivity contribution in [2.24, 2.45) is 22.7 Å². The van der Waals surface area contributed by atoms with Gasteiger partial charge in [0.05, 0.1) is 6.61 Å². The Morgan fingerprint density at radius 3 is 2.12 bits per heavy atom. The van der Waals surface area contributed by atoms with Gasteiger partial charge >= 0.3 is 0 Å². The summed E-state index contributed by atoms with van der Waals surface area (Å²) < 4.78 is 5.90. The van der Waals surface area contributed by atoms with Crippen LogP contribution in [-0.2, 0) is 4.74 Å². The van der Waals surface area contributed by atoms with Crippen LogP contribution < -0.4 is 0 Å². The second-order valence-electron chi connectivity index (χ2n) is 9.69. The molecule has 150 valence electrons. The van der Waals surface area contributed by atoms with Crippen LogP contribution in [0.5, 0.6) is 0 Å². The van der Waals surface area contributed by atoms with Gasteiger partial charge in [-0.15, -0.1) is 11.6 Å². The first-order chi connectivity index (χ1) is 11.9. The number of hydrogen-bond donors (Lipinski definition) is 0. The van der Waals surface area contributed by atoms with Gasteiger partial charge in [0, 0.05) is 12.5 Å². The summed E-state index contributed by atoms with van der Waals surface area (Å²) in [6.45, 7) is 13.7. The molecule has 1 aliphatic rings. The van der Waals surface area contributed by atoms with Gasteiger partial charge in [-0.2, -0.15) is 0 Å². The summed E-state index contributed by atoms with van der Waals surface area (Å²) >= 11 is 6.03. The monoisotopic (exact) mass is 372 g/mol. The third kappa shape index (κ3) is 9.14. The van der Waals surface area contributed by atoms with Crippen LogP contribution in [0.2, 0.25) is 0 Å². The molecule has 1 saturated carbocycles. The minimum absolute atomic E-state index is 0.415. The maximum atomic E-state index is 6.03. The van der Waals surface area contributed by atoms with E-state index < -0.39 is 0 Å². The molecule has 2 unspecified atom stereocenters. The van der Waals surface area contributed by atoms with Crippen molar-refractivity contribution in [3.63, 3.8) is 0 Å². The molecule has 0 bridgehead atoms. The zero-order valence-electron chi connectivity index (χ0n) is 17.8. The second kappa shape index (κ2) is 11.9. The van der Waals surface area contributed by atoms with Crippen LogP contribution in [0.25, 0.3) is 0 Å². The van der Waals surface area contributed by atoms with E-state index in [1.54, 1.807) is 0 Å². The van der Waals surface area contributed by atoms with Crippen molar-refractivity contribution in [3.05, 3.63) is 0 Å². The predicted molar refractivity (Wildman–Crippen MR) is 113 cm³/mol. The van der Waals surface area contributed by atoms with Crippen molar-refractivity contribution in [2.45, 2.75) is 105 Å². The molecule has 0 saturated heterocycles. The topological polar surface area (TPSA) is 9.23 Å². The third-order valence-corrected chi connectivity index (χ3v) is 7.18. The van der Waals surface area contributed by atoms with Crippen molar-refractivity contribution in [2.75, 3.05) is 19.1 Å². The Labute approximate surface area is 163 Å². The molecule has 0 heterocycles. The summed E-state index contributed by atoms with van der Waals surface area (Å²) in [6, 6.07) is 0. The van der Waals surface area contributed by atoms with E-state index in [-0.39, 0.29) is 0 Å². The Balaban J connectivity index is 2.44.